The van der Waals surface area contributed by atoms with Gasteiger partial charge in [0.25, 0.3) is 0 Å². The van der Waals surface area contributed by atoms with Gasteiger partial charge in [-0.2, -0.15) is 0 Å². The summed E-state index contributed by atoms with van der Waals surface area (Å²) in [7, 11) is 0. The normalized spacial score (nSPS) is 13.9. The second-order valence-electron chi connectivity index (χ2n) is 4.67. The Balaban J connectivity index is 2.46. The molecule has 1 N–H and O–H groups in total. The minimum Gasteiger partial charge on any atom is -0.478 e. The van der Waals surface area contributed by atoms with Crippen molar-refractivity contribution in [3.63, 3.8) is 0 Å². The summed E-state index contributed by atoms with van der Waals surface area (Å²) in [4.78, 5) is 24.8. The zero-order valence-corrected chi connectivity index (χ0v) is 11.8. The number of anilines is 1. The first-order chi connectivity index (χ1) is 8.41. The molecule has 0 bridgehead atoms. The number of carbonyl (C=O) groups excluding carboxylic acids is 1. The second-order valence-corrected chi connectivity index (χ2v) is 5.52. The number of carbonyl (C=O) groups is 2. The van der Waals surface area contributed by atoms with Gasteiger partial charge >= 0.3 is 5.97 Å². The Morgan fingerprint density at radius 1 is 1.39 bits per heavy atom. The highest BCUT2D eigenvalue weighted by Crippen LogP contribution is 2.37. The van der Waals surface area contributed by atoms with E-state index >= 15 is 0 Å². The summed E-state index contributed by atoms with van der Waals surface area (Å²) >= 11 is 3.37. The van der Waals surface area contributed by atoms with Gasteiger partial charge in [0.2, 0.25) is 5.91 Å². The first-order valence-corrected chi connectivity index (χ1v) is 6.58. The highest BCUT2D eigenvalue weighted by Gasteiger charge is 2.29. The van der Waals surface area contributed by atoms with Crippen LogP contribution in [0.4, 0.5) is 5.69 Å². The van der Waals surface area contributed by atoms with Crippen LogP contribution >= 0.6 is 15.9 Å². The fourth-order valence-electron chi connectivity index (χ4n) is 2.15. The lowest BCUT2D eigenvalue weighted by Crippen LogP contribution is -2.32. The molecule has 1 heterocycles. The quantitative estimate of drug-likeness (QED) is 0.913. The zero-order valence-electron chi connectivity index (χ0n) is 10.2. The van der Waals surface area contributed by atoms with Gasteiger partial charge in [0.05, 0.1) is 11.3 Å². The SMILES string of the molecule is CC(C)C(=O)N1CCc2cc(C(=O)O)cc(Br)c21. The van der Waals surface area contributed by atoms with E-state index in [0.29, 0.717) is 17.4 Å². The van der Waals surface area contributed by atoms with Gasteiger partial charge < -0.3 is 10.0 Å². The first-order valence-electron chi connectivity index (χ1n) is 5.79. The summed E-state index contributed by atoms with van der Waals surface area (Å²) in [5.41, 5.74) is 1.98. The summed E-state index contributed by atoms with van der Waals surface area (Å²) < 4.78 is 0.670. The van der Waals surface area contributed by atoms with E-state index in [1.54, 1.807) is 17.0 Å². The van der Waals surface area contributed by atoms with Crippen molar-refractivity contribution in [2.75, 3.05) is 11.4 Å². The van der Waals surface area contributed by atoms with Crippen LogP contribution in [-0.4, -0.2) is 23.5 Å². The predicted octanol–water partition coefficient (Wildman–Crippen LogP) is 2.69. The van der Waals surface area contributed by atoms with Crippen LogP contribution in [0.2, 0.25) is 0 Å². The molecule has 1 aromatic carbocycles. The number of amides is 1. The van der Waals surface area contributed by atoms with Gasteiger partial charge in [0, 0.05) is 16.9 Å². The van der Waals surface area contributed by atoms with Crippen LogP contribution < -0.4 is 4.90 Å². The van der Waals surface area contributed by atoms with E-state index in [4.69, 9.17) is 5.11 Å². The van der Waals surface area contributed by atoms with E-state index in [1.807, 2.05) is 13.8 Å². The standard InChI is InChI=1S/C13H14BrNO3/c1-7(2)12(16)15-4-3-8-5-9(13(17)18)6-10(14)11(8)15/h5-7H,3-4H2,1-2H3,(H,17,18). The van der Waals surface area contributed by atoms with Crippen molar-refractivity contribution in [1.29, 1.82) is 0 Å². The second kappa shape index (κ2) is 4.72. The molecule has 18 heavy (non-hydrogen) atoms. The number of fused-ring (bicyclic) bond motifs is 1. The minimum absolute atomic E-state index is 0.0672. The van der Waals surface area contributed by atoms with E-state index in [0.717, 1.165) is 11.3 Å². The Hall–Kier alpha value is -1.36. The molecule has 2 rings (SSSR count). The van der Waals surface area contributed by atoms with Crippen molar-refractivity contribution in [2.45, 2.75) is 20.3 Å². The number of hydrogen-bond acceptors (Lipinski definition) is 2. The molecule has 0 fully saturated rings. The third-order valence-electron chi connectivity index (χ3n) is 3.02. The third-order valence-corrected chi connectivity index (χ3v) is 3.63. The molecular weight excluding hydrogens is 298 g/mol. The average Bonchev–Trinajstić information content (AvgIpc) is 2.71. The summed E-state index contributed by atoms with van der Waals surface area (Å²) in [6.07, 6.45) is 0.702. The maximum Gasteiger partial charge on any atom is 0.335 e. The van der Waals surface area contributed by atoms with Gasteiger partial charge in [-0.05, 0) is 40.0 Å². The van der Waals surface area contributed by atoms with Crippen LogP contribution in [-0.2, 0) is 11.2 Å². The van der Waals surface area contributed by atoms with Crippen molar-refractivity contribution in [2.24, 2.45) is 5.92 Å². The largest absolute Gasteiger partial charge is 0.478 e. The lowest BCUT2D eigenvalue weighted by atomic mass is 10.1. The number of carboxylic acid groups (broad SMARTS) is 1. The van der Waals surface area contributed by atoms with Crippen molar-refractivity contribution >= 4 is 33.5 Å². The Bertz CT molecular complexity index is 525. The van der Waals surface area contributed by atoms with Crippen LogP contribution in [0, 0.1) is 5.92 Å². The van der Waals surface area contributed by atoms with E-state index in [9.17, 15) is 9.59 Å². The monoisotopic (exact) mass is 311 g/mol. The third kappa shape index (κ3) is 2.14. The molecule has 1 aliphatic heterocycles. The Labute approximate surface area is 114 Å². The summed E-state index contributed by atoms with van der Waals surface area (Å²) in [6, 6.07) is 3.20. The molecule has 1 aliphatic rings. The van der Waals surface area contributed by atoms with E-state index in [1.165, 1.54) is 0 Å². The maximum absolute atomic E-state index is 12.1. The maximum atomic E-state index is 12.1. The predicted molar refractivity (Wildman–Crippen MR) is 72.0 cm³/mol. The molecule has 4 nitrogen and oxygen atoms in total. The molecule has 5 heteroatoms. The molecule has 0 atom stereocenters. The summed E-state index contributed by atoms with van der Waals surface area (Å²) in [5.74, 6) is -0.952. The van der Waals surface area contributed by atoms with Crippen LogP contribution in [0.1, 0.15) is 29.8 Å². The van der Waals surface area contributed by atoms with Crippen LogP contribution in [0.15, 0.2) is 16.6 Å². The first kappa shape index (κ1) is 13.1. The topological polar surface area (TPSA) is 57.6 Å². The number of benzene rings is 1. The molecule has 0 saturated carbocycles. The molecule has 0 aliphatic carbocycles. The Morgan fingerprint density at radius 3 is 2.61 bits per heavy atom. The molecule has 0 saturated heterocycles. The molecule has 0 radical (unpaired) electrons. The van der Waals surface area contributed by atoms with Crippen LogP contribution in [0.25, 0.3) is 0 Å². The van der Waals surface area contributed by atoms with Crippen molar-refractivity contribution < 1.29 is 14.7 Å². The fourth-order valence-corrected chi connectivity index (χ4v) is 2.86. The van der Waals surface area contributed by atoms with Crippen molar-refractivity contribution in [3.05, 3.63) is 27.7 Å². The zero-order chi connectivity index (χ0) is 13.4. The summed E-state index contributed by atoms with van der Waals surface area (Å²) in [5, 5.41) is 9.00. The number of carboxylic acids is 1. The van der Waals surface area contributed by atoms with Gasteiger partial charge in [-0.15, -0.1) is 0 Å². The molecule has 0 spiro atoms. The smallest absolute Gasteiger partial charge is 0.335 e. The highest BCUT2D eigenvalue weighted by atomic mass is 79.9. The molecule has 96 valence electrons. The van der Waals surface area contributed by atoms with Crippen molar-refractivity contribution in [1.82, 2.24) is 0 Å². The van der Waals surface area contributed by atoms with Gasteiger partial charge in [0.15, 0.2) is 0 Å². The lowest BCUT2D eigenvalue weighted by molar-refractivity contribution is -0.121. The summed E-state index contributed by atoms with van der Waals surface area (Å²) in [6.45, 7) is 4.34. The molecule has 0 unspecified atom stereocenters. The number of hydrogen-bond donors (Lipinski definition) is 1. The van der Waals surface area contributed by atoms with Gasteiger partial charge in [-0.3, -0.25) is 4.79 Å². The molecule has 1 amide bonds. The lowest BCUT2D eigenvalue weighted by Gasteiger charge is -2.20. The number of rotatable bonds is 2. The molecule has 0 aromatic heterocycles. The molecular formula is C13H14BrNO3. The number of aromatic carboxylic acids is 1. The van der Waals surface area contributed by atoms with Crippen molar-refractivity contribution in [3.8, 4) is 0 Å². The van der Waals surface area contributed by atoms with Gasteiger partial charge in [-0.1, -0.05) is 13.8 Å². The van der Waals surface area contributed by atoms with Crippen LogP contribution in [0.3, 0.4) is 0 Å². The highest BCUT2D eigenvalue weighted by molar-refractivity contribution is 9.10. The minimum atomic E-state index is -0.952. The van der Waals surface area contributed by atoms with E-state index in [2.05, 4.69) is 15.9 Å². The Morgan fingerprint density at radius 2 is 2.06 bits per heavy atom. The van der Waals surface area contributed by atoms with E-state index < -0.39 is 5.97 Å². The van der Waals surface area contributed by atoms with Gasteiger partial charge in [0.1, 0.15) is 0 Å². The Kier molecular flexibility index (Phi) is 3.43. The van der Waals surface area contributed by atoms with Gasteiger partial charge in [-0.25, -0.2) is 4.79 Å². The number of nitrogens with zero attached hydrogens (tertiary/aromatic N) is 1. The molecule has 1 aromatic rings. The van der Waals surface area contributed by atoms with Crippen LogP contribution in [0.5, 0.6) is 0 Å². The average molecular weight is 312 g/mol. The van der Waals surface area contributed by atoms with E-state index in [-0.39, 0.29) is 17.4 Å². The fraction of sp³-hybridized carbons (Fsp3) is 0.385. The number of halogens is 1.